The Labute approximate surface area is 91.9 Å². The molecule has 0 saturated heterocycles. The molecule has 0 fully saturated rings. The summed E-state index contributed by atoms with van der Waals surface area (Å²) in [7, 11) is 1.70. The number of thiocarbonyl (C=S) groups is 1. The van der Waals surface area contributed by atoms with Crippen molar-refractivity contribution in [3.05, 3.63) is 12.7 Å². The van der Waals surface area contributed by atoms with Crippen molar-refractivity contribution < 1.29 is 4.74 Å². The maximum absolute atomic E-state index is 5.11. The Balaban J connectivity index is 3.65. The average Bonchev–Trinajstić information content (AvgIpc) is 2.14. The zero-order chi connectivity index (χ0) is 11.0. The number of hydrogen-bond donors (Lipinski definition) is 2. The summed E-state index contributed by atoms with van der Waals surface area (Å²) in [6, 6.07) is 0.525. The Morgan fingerprint density at radius 2 is 2.14 bits per heavy atom. The standard InChI is InChI=1S/C10H20N2OS/c1-5-8(2)11-10(14)12-9(3)6-7-13-4/h5,8-9H,1,6-7H2,2-4H3,(H2,11,12,14). The lowest BCUT2D eigenvalue weighted by Crippen LogP contribution is -2.43. The van der Waals surface area contributed by atoms with Crippen LogP contribution in [0.25, 0.3) is 0 Å². The van der Waals surface area contributed by atoms with Crippen molar-refractivity contribution in [3.63, 3.8) is 0 Å². The molecule has 2 N–H and O–H groups in total. The predicted molar refractivity (Wildman–Crippen MR) is 64.5 cm³/mol. The lowest BCUT2D eigenvalue weighted by molar-refractivity contribution is 0.187. The molecule has 2 atom stereocenters. The second-order valence-electron chi connectivity index (χ2n) is 3.32. The minimum Gasteiger partial charge on any atom is -0.385 e. The molecule has 0 aliphatic rings. The van der Waals surface area contributed by atoms with Gasteiger partial charge in [-0.15, -0.1) is 6.58 Å². The third-order valence-electron chi connectivity index (χ3n) is 1.84. The second-order valence-corrected chi connectivity index (χ2v) is 3.73. The molecule has 14 heavy (non-hydrogen) atoms. The van der Waals surface area contributed by atoms with Crippen LogP contribution >= 0.6 is 12.2 Å². The Morgan fingerprint density at radius 1 is 1.50 bits per heavy atom. The van der Waals surface area contributed by atoms with Gasteiger partial charge >= 0.3 is 0 Å². The first-order chi connectivity index (χ1) is 6.60. The van der Waals surface area contributed by atoms with Gasteiger partial charge in [0.1, 0.15) is 0 Å². The van der Waals surface area contributed by atoms with Gasteiger partial charge in [0.05, 0.1) is 0 Å². The molecule has 0 spiro atoms. The fourth-order valence-corrected chi connectivity index (χ4v) is 1.29. The summed E-state index contributed by atoms with van der Waals surface area (Å²) in [6.45, 7) is 8.49. The lowest BCUT2D eigenvalue weighted by atomic mass is 10.2. The van der Waals surface area contributed by atoms with E-state index in [1.807, 2.05) is 13.0 Å². The summed E-state index contributed by atoms with van der Waals surface area (Å²) >= 11 is 5.11. The van der Waals surface area contributed by atoms with Crippen LogP contribution in [0.15, 0.2) is 12.7 Å². The third kappa shape index (κ3) is 6.86. The van der Waals surface area contributed by atoms with Gasteiger partial charge in [0.15, 0.2) is 5.11 Å². The number of methoxy groups -OCH3 is 1. The first kappa shape index (κ1) is 13.4. The van der Waals surface area contributed by atoms with Gasteiger partial charge in [0.25, 0.3) is 0 Å². The number of ether oxygens (including phenoxy) is 1. The van der Waals surface area contributed by atoms with Crippen LogP contribution in [0.1, 0.15) is 20.3 Å². The molecule has 0 amide bonds. The molecule has 0 heterocycles. The highest BCUT2D eigenvalue weighted by molar-refractivity contribution is 7.80. The molecule has 0 radical (unpaired) electrons. The van der Waals surface area contributed by atoms with Gasteiger partial charge in [-0.1, -0.05) is 6.08 Å². The van der Waals surface area contributed by atoms with E-state index in [1.54, 1.807) is 7.11 Å². The topological polar surface area (TPSA) is 33.3 Å². The normalized spacial score (nSPS) is 14.2. The zero-order valence-electron chi connectivity index (χ0n) is 9.17. The highest BCUT2D eigenvalue weighted by Crippen LogP contribution is 1.91. The van der Waals surface area contributed by atoms with Crippen molar-refractivity contribution in [2.45, 2.75) is 32.4 Å². The van der Waals surface area contributed by atoms with E-state index >= 15 is 0 Å². The molecule has 0 aliphatic carbocycles. The molecule has 0 aromatic heterocycles. The van der Waals surface area contributed by atoms with Crippen molar-refractivity contribution in [3.8, 4) is 0 Å². The smallest absolute Gasteiger partial charge is 0.166 e. The number of nitrogens with one attached hydrogen (secondary N) is 2. The van der Waals surface area contributed by atoms with Crippen molar-refractivity contribution in [2.75, 3.05) is 13.7 Å². The van der Waals surface area contributed by atoms with Gasteiger partial charge in [-0.25, -0.2) is 0 Å². The maximum atomic E-state index is 5.11. The average molecular weight is 216 g/mol. The summed E-state index contributed by atoms with van der Waals surface area (Å²) in [6.07, 6.45) is 2.76. The van der Waals surface area contributed by atoms with Crippen molar-refractivity contribution in [2.24, 2.45) is 0 Å². The van der Waals surface area contributed by atoms with Gasteiger partial charge in [-0.2, -0.15) is 0 Å². The van der Waals surface area contributed by atoms with Crippen molar-refractivity contribution in [1.29, 1.82) is 0 Å². The molecule has 0 aromatic carbocycles. The second kappa shape index (κ2) is 7.76. The minimum atomic E-state index is 0.199. The summed E-state index contributed by atoms with van der Waals surface area (Å²) in [5, 5.41) is 6.94. The molecule has 2 unspecified atom stereocenters. The predicted octanol–water partition coefficient (Wildman–Crippen LogP) is 1.45. The minimum absolute atomic E-state index is 0.199. The molecular formula is C10H20N2OS. The maximum Gasteiger partial charge on any atom is 0.166 e. The Bertz CT molecular complexity index is 185. The molecule has 0 aromatic rings. The van der Waals surface area contributed by atoms with E-state index < -0.39 is 0 Å². The van der Waals surface area contributed by atoms with E-state index in [9.17, 15) is 0 Å². The van der Waals surface area contributed by atoms with Gasteiger partial charge < -0.3 is 15.4 Å². The largest absolute Gasteiger partial charge is 0.385 e. The first-order valence-corrected chi connectivity index (χ1v) is 5.19. The number of rotatable bonds is 6. The van der Waals surface area contributed by atoms with Crippen LogP contribution in [0.2, 0.25) is 0 Å². The van der Waals surface area contributed by atoms with Crippen molar-refractivity contribution >= 4 is 17.3 Å². The fraction of sp³-hybridized carbons (Fsp3) is 0.700. The molecule has 0 saturated carbocycles. The Morgan fingerprint density at radius 3 is 2.64 bits per heavy atom. The van der Waals surface area contributed by atoms with E-state index in [2.05, 4.69) is 24.1 Å². The molecule has 4 heteroatoms. The Kier molecular flexibility index (Phi) is 7.42. The van der Waals surface area contributed by atoms with E-state index in [-0.39, 0.29) is 6.04 Å². The number of hydrogen-bond acceptors (Lipinski definition) is 2. The van der Waals surface area contributed by atoms with Crippen LogP contribution in [0, 0.1) is 0 Å². The summed E-state index contributed by atoms with van der Waals surface area (Å²) < 4.78 is 4.98. The van der Waals surface area contributed by atoms with Crippen LogP contribution in [0.4, 0.5) is 0 Å². The third-order valence-corrected chi connectivity index (χ3v) is 2.08. The highest BCUT2D eigenvalue weighted by atomic mass is 32.1. The van der Waals surface area contributed by atoms with Gasteiger partial charge in [-0.05, 0) is 32.5 Å². The molecule has 0 rings (SSSR count). The van der Waals surface area contributed by atoms with Crippen LogP contribution in [0.3, 0.4) is 0 Å². The lowest BCUT2D eigenvalue weighted by Gasteiger charge is -2.18. The Hall–Kier alpha value is -0.610. The summed E-state index contributed by atoms with van der Waals surface area (Å²) in [4.78, 5) is 0. The quantitative estimate of drug-likeness (QED) is 0.520. The molecule has 82 valence electrons. The first-order valence-electron chi connectivity index (χ1n) is 4.78. The SMILES string of the molecule is C=CC(C)NC(=S)NC(C)CCOC. The van der Waals surface area contributed by atoms with E-state index in [0.717, 1.165) is 13.0 Å². The van der Waals surface area contributed by atoms with E-state index in [0.29, 0.717) is 11.2 Å². The highest BCUT2D eigenvalue weighted by Gasteiger charge is 2.04. The van der Waals surface area contributed by atoms with E-state index in [4.69, 9.17) is 17.0 Å². The molecule has 0 bridgehead atoms. The van der Waals surface area contributed by atoms with Crippen LogP contribution < -0.4 is 10.6 Å². The monoisotopic (exact) mass is 216 g/mol. The molecule has 3 nitrogen and oxygen atoms in total. The van der Waals surface area contributed by atoms with E-state index in [1.165, 1.54) is 0 Å². The summed E-state index contributed by atoms with van der Waals surface area (Å²) in [5.41, 5.74) is 0. The van der Waals surface area contributed by atoms with Gasteiger partial charge in [0, 0.05) is 25.8 Å². The van der Waals surface area contributed by atoms with Crippen molar-refractivity contribution in [1.82, 2.24) is 10.6 Å². The van der Waals surface area contributed by atoms with Crippen LogP contribution in [-0.4, -0.2) is 30.9 Å². The van der Waals surface area contributed by atoms with Crippen LogP contribution in [-0.2, 0) is 4.74 Å². The van der Waals surface area contributed by atoms with Crippen LogP contribution in [0.5, 0.6) is 0 Å². The molecule has 0 aliphatic heterocycles. The summed E-state index contributed by atoms with van der Waals surface area (Å²) in [5.74, 6) is 0. The molecular weight excluding hydrogens is 196 g/mol. The fourth-order valence-electron chi connectivity index (χ4n) is 0.898. The van der Waals surface area contributed by atoms with Gasteiger partial charge in [-0.3, -0.25) is 0 Å². The van der Waals surface area contributed by atoms with Gasteiger partial charge in [0.2, 0.25) is 0 Å². The zero-order valence-corrected chi connectivity index (χ0v) is 9.99.